The average molecular weight is 480 g/mol. The number of hydrogen-bond donors (Lipinski definition) is 2. The molecule has 170 valence electrons. The predicted molar refractivity (Wildman–Crippen MR) is 119 cm³/mol. The molecule has 2 heterocycles. The van der Waals surface area contributed by atoms with E-state index in [2.05, 4.69) is 10.6 Å². The van der Waals surface area contributed by atoms with E-state index >= 15 is 0 Å². The second-order valence-corrected chi connectivity index (χ2v) is 9.57. The molecular formula is C21H22ClN3O6S. The minimum absolute atomic E-state index is 0.0673. The van der Waals surface area contributed by atoms with Crippen LogP contribution < -0.4 is 20.1 Å². The van der Waals surface area contributed by atoms with Crippen molar-refractivity contribution in [2.75, 3.05) is 30.4 Å². The first-order chi connectivity index (χ1) is 15.3. The highest BCUT2D eigenvalue weighted by atomic mass is 35.5. The summed E-state index contributed by atoms with van der Waals surface area (Å²) in [5.41, 5.74) is 0.771. The van der Waals surface area contributed by atoms with E-state index in [4.69, 9.17) is 21.1 Å². The van der Waals surface area contributed by atoms with Gasteiger partial charge in [0.1, 0.15) is 22.4 Å². The summed E-state index contributed by atoms with van der Waals surface area (Å²) in [7, 11) is -4.11. The molecule has 0 saturated carbocycles. The lowest BCUT2D eigenvalue weighted by molar-refractivity contribution is -0.119. The van der Waals surface area contributed by atoms with Gasteiger partial charge in [-0.15, -0.1) is 0 Å². The number of hydrogen-bond acceptors (Lipinski definition) is 6. The van der Waals surface area contributed by atoms with Crippen molar-refractivity contribution >= 4 is 44.8 Å². The number of sulfonamides is 1. The Hall–Kier alpha value is -2.82. The van der Waals surface area contributed by atoms with Crippen molar-refractivity contribution in [2.24, 2.45) is 0 Å². The standard InChI is InChI=1S/C21H22ClN3O6S/c1-2-30-17-8-4-3-6-14(17)24-21(27)16-7-5-9-25(16)32(28,29)19-11-18-15(10-13(19)22)23-20(26)12-31-18/h3-4,6,8,10-11,16H,2,5,7,9,12H2,1H3,(H,23,26)(H,24,27)/t16-/m0/s1. The van der Waals surface area contributed by atoms with Crippen LogP contribution in [0.4, 0.5) is 11.4 Å². The van der Waals surface area contributed by atoms with Crippen molar-refractivity contribution in [1.29, 1.82) is 0 Å². The highest BCUT2D eigenvalue weighted by Gasteiger charge is 2.41. The molecule has 0 unspecified atom stereocenters. The van der Waals surface area contributed by atoms with Crippen LogP contribution in [0, 0.1) is 0 Å². The lowest BCUT2D eigenvalue weighted by atomic mass is 10.2. The highest BCUT2D eigenvalue weighted by molar-refractivity contribution is 7.89. The first kappa shape index (κ1) is 22.4. The van der Waals surface area contributed by atoms with E-state index in [-0.39, 0.29) is 34.7 Å². The number of rotatable bonds is 6. The third kappa shape index (κ3) is 4.25. The molecule has 11 heteroatoms. The number of nitrogens with zero attached hydrogens (tertiary/aromatic N) is 1. The number of para-hydroxylation sites is 2. The molecule has 2 aliphatic rings. The number of ether oxygens (including phenoxy) is 2. The van der Waals surface area contributed by atoms with Crippen molar-refractivity contribution in [3.8, 4) is 11.5 Å². The molecule has 2 aliphatic heterocycles. The topological polar surface area (TPSA) is 114 Å². The van der Waals surface area contributed by atoms with Gasteiger partial charge in [0.25, 0.3) is 5.91 Å². The highest BCUT2D eigenvalue weighted by Crippen LogP contribution is 2.38. The lowest BCUT2D eigenvalue weighted by Crippen LogP contribution is -2.43. The summed E-state index contributed by atoms with van der Waals surface area (Å²) < 4.78 is 38.9. The van der Waals surface area contributed by atoms with Gasteiger partial charge in [-0.3, -0.25) is 9.59 Å². The maximum Gasteiger partial charge on any atom is 0.262 e. The van der Waals surface area contributed by atoms with E-state index in [1.807, 2.05) is 6.92 Å². The predicted octanol–water partition coefficient (Wildman–Crippen LogP) is 2.86. The molecule has 0 aromatic heterocycles. The Labute approximate surface area is 190 Å². The fourth-order valence-electron chi connectivity index (χ4n) is 3.76. The number of halogens is 1. The Morgan fingerprint density at radius 1 is 1.34 bits per heavy atom. The fourth-order valence-corrected chi connectivity index (χ4v) is 5.94. The van der Waals surface area contributed by atoms with Crippen LogP contribution in [0.1, 0.15) is 19.8 Å². The van der Waals surface area contributed by atoms with E-state index in [1.165, 1.54) is 12.1 Å². The molecule has 1 fully saturated rings. The summed E-state index contributed by atoms with van der Waals surface area (Å²) in [4.78, 5) is 24.4. The number of carbonyl (C=O) groups is 2. The number of benzene rings is 2. The van der Waals surface area contributed by atoms with Crippen molar-refractivity contribution in [2.45, 2.75) is 30.7 Å². The van der Waals surface area contributed by atoms with E-state index in [1.54, 1.807) is 24.3 Å². The maximum absolute atomic E-state index is 13.4. The molecule has 9 nitrogen and oxygen atoms in total. The summed E-state index contributed by atoms with van der Waals surface area (Å²) >= 11 is 6.25. The minimum atomic E-state index is -4.11. The number of anilines is 2. The van der Waals surface area contributed by atoms with Crippen LogP contribution in [0.25, 0.3) is 0 Å². The zero-order valence-corrected chi connectivity index (χ0v) is 18.8. The molecule has 2 N–H and O–H groups in total. The van der Waals surface area contributed by atoms with Gasteiger partial charge in [0.05, 0.1) is 23.0 Å². The maximum atomic E-state index is 13.4. The molecule has 0 bridgehead atoms. The molecule has 2 aromatic carbocycles. The van der Waals surface area contributed by atoms with Crippen LogP contribution in [0.5, 0.6) is 11.5 Å². The number of nitrogens with one attached hydrogen (secondary N) is 2. The Kier molecular flexibility index (Phi) is 6.27. The SMILES string of the molecule is CCOc1ccccc1NC(=O)[C@@H]1CCCN1S(=O)(=O)c1cc2c(cc1Cl)NC(=O)CO2. The van der Waals surface area contributed by atoms with Gasteiger partial charge >= 0.3 is 0 Å². The van der Waals surface area contributed by atoms with Crippen molar-refractivity contribution in [3.05, 3.63) is 41.4 Å². The second kappa shape index (κ2) is 8.97. The van der Waals surface area contributed by atoms with Crippen LogP contribution in [-0.2, 0) is 19.6 Å². The number of fused-ring (bicyclic) bond motifs is 1. The molecule has 4 rings (SSSR count). The molecule has 2 amide bonds. The van der Waals surface area contributed by atoms with Gasteiger partial charge in [-0.05, 0) is 38.0 Å². The summed E-state index contributed by atoms with van der Waals surface area (Å²) in [6, 6.07) is 8.69. The van der Waals surface area contributed by atoms with Gasteiger partial charge in [0.2, 0.25) is 15.9 Å². The number of amides is 2. The van der Waals surface area contributed by atoms with Crippen LogP contribution in [0.15, 0.2) is 41.3 Å². The fraction of sp³-hybridized carbons (Fsp3) is 0.333. The lowest BCUT2D eigenvalue weighted by Gasteiger charge is -2.25. The normalized spacial score (nSPS) is 18.4. The van der Waals surface area contributed by atoms with Gasteiger partial charge in [-0.25, -0.2) is 8.42 Å². The first-order valence-electron chi connectivity index (χ1n) is 10.1. The van der Waals surface area contributed by atoms with Crippen LogP contribution in [-0.4, -0.2) is 50.3 Å². The van der Waals surface area contributed by atoms with Gasteiger partial charge < -0.3 is 20.1 Å². The molecule has 2 aromatic rings. The Balaban J connectivity index is 1.60. The second-order valence-electron chi connectivity index (χ2n) is 7.31. The quantitative estimate of drug-likeness (QED) is 0.658. The van der Waals surface area contributed by atoms with E-state index in [9.17, 15) is 18.0 Å². The van der Waals surface area contributed by atoms with Crippen molar-refractivity contribution < 1.29 is 27.5 Å². The molecule has 1 atom stereocenters. The summed E-state index contributed by atoms with van der Waals surface area (Å²) in [6.45, 7) is 2.22. The first-order valence-corrected chi connectivity index (χ1v) is 11.9. The Morgan fingerprint density at radius 3 is 2.91 bits per heavy atom. The van der Waals surface area contributed by atoms with Crippen LogP contribution in [0.3, 0.4) is 0 Å². The zero-order valence-electron chi connectivity index (χ0n) is 17.3. The zero-order chi connectivity index (χ0) is 22.9. The van der Waals surface area contributed by atoms with Crippen LogP contribution in [0.2, 0.25) is 5.02 Å². The summed E-state index contributed by atoms with van der Waals surface area (Å²) in [5.74, 6) is -0.0882. The largest absolute Gasteiger partial charge is 0.492 e. The van der Waals surface area contributed by atoms with Crippen LogP contribution >= 0.6 is 11.6 Å². The van der Waals surface area contributed by atoms with Gasteiger partial charge in [-0.1, -0.05) is 23.7 Å². The van der Waals surface area contributed by atoms with Gasteiger partial charge in [0, 0.05) is 12.6 Å². The molecule has 0 radical (unpaired) electrons. The van der Waals surface area contributed by atoms with Gasteiger partial charge in [-0.2, -0.15) is 4.31 Å². The average Bonchev–Trinajstić information content (AvgIpc) is 3.26. The monoisotopic (exact) mass is 479 g/mol. The van der Waals surface area contributed by atoms with Crippen molar-refractivity contribution in [3.63, 3.8) is 0 Å². The Morgan fingerprint density at radius 2 is 2.12 bits per heavy atom. The molecule has 1 saturated heterocycles. The molecule has 0 spiro atoms. The third-order valence-corrected chi connectivity index (χ3v) is 7.58. The summed E-state index contributed by atoms with van der Waals surface area (Å²) in [5, 5.41) is 5.30. The van der Waals surface area contributed by atoms with Gasteiger partial charge in [0.15, 0.2) is 6.61 Å². The Bertz CT molecular complexity index is 1170. The third-order valence-electron chi connectivity index (χ3n) is 5.20. The molecule has 0 aliphatic carbocycles. The molecular weight excluding hydrogens is 458 g/mol. The smallest absolute Gasteiger partial charge is 0.262 e. The van der Waals surface area contributed by atoms with E-state index in [0.717, 1.165) is 4.31 Å². The van der Waals surface area contributed by atoms with Crippen molar-refractivity contribution in [1.82, 2.24) is 4.31 Å². The minimum Gasteiger partial charge on any atom is -0.492 e. The van der Waals surface area contributed by atoms with E-state index < -0.39 is 22.0 Å². The molecule has 32 heavy (non-hydrogen) atoms. The van der Waals surface area contributed by atoms with E-state index in [0.29, 0.717) is 36.6 Å². The number of carbonyl (C=O) groups excluding carboxylic acids is 2. The summed E-state index contributed by atoms with van der Waals surface area (Å²) in [6.07, 6.45) is 0.899.